The minimum atomic E-state index is -0.343. The minimum absolute atomic E-state index is 0.0262. The number of carbonyl (C=O) groups excluding carboxylic acids is 2. The van der Waals surface area contributed by atoms with Gasteiger partial charge in [0.25, 0.3) is 0 Å². The Balaban J connectivity index is 1.47. The van der Waals surface area contributed by atoms with Crippen LogP contribution in [0.15, 0.2) is 30.5 Å². The molecule has 0 spiro atoms. The average Bonchev–Trinajstić information content (AvgIpc) is 2.90. The Morgan fingerprint density at radius 1 is 1.33 bits per heavy atom. The zero-order chi connectivity index (χ0) is 16.9. The lowest BCUT2D eigenvalue weighted by molar-refractivity contribution is -0.122. The van der Waals surface area contributed by atoms with Gasteiger partial charge in [0.15, 0.2) is 5.82 Å². The number of anilines is 1. The number of amides is 2. The van der Waals surface area contributed by atoms with Crippen LogP contribution in [0.1, 0.15) is 24.8 Å². The summed E-state index contributed by atoms with van der Waals surface area (Å²) in [6.45, 7) is 0.207. The van der Waals surface area contributed by atoms with E-state index in [4.69, 9.17) is 0 Å². The van der Waals surface area contributed by atoms with Gasteiger partial charge in [0.2, 0.25) is 11.8 Å². The van der Waals surface area contributed by atoms with E-state index in [0.29, 0.717) is 11.4 Å². The highest BCUT2D eigenvalue weighted by atomic mass is 19.1. The second kappa shape index (κ2) is 7.20. The largest absolute Gasteiger partial charge is 0.350 e. The Hall–Kier alpha value is -2.77. The van der Waals surface area contributed by atoms with Gasteiger partial charge in [-0.15, -0.1) is 5.10 Å². The third-order valence-corrected chi connectivity index (χ3v) is 3.95. The molecule has 126 valence electrons. The van der Waals surface area contributed by atoms with Crippen molar-refractivity contribution < 1.29 is 14.0 Å². The molecule has 0 radical (unpaired) electrons. The molecule has 1 fully saturated rings. The number of nitrogens with zero attached hydrogens (tertiary/aromatic N) is 3. The molecular weight excluding hydrogens is 313 g/mol. The first-order chi connectivity index (χ1) is 11.6. The lowest BCUT2D eigenvalue weighted by Crippen LogP contribution is -2.28. The Labute approximate surface area is 138 Å². The van der Waals surface area contributed by atoms with Crippen LogP contribution in [0.3, 0.4) is 0 Å². The predicted octanol–water partition coefficient (Wildman–Crippen LogP) is 1.47. The van der Waals surface area contributed by atoms with E-state index in [0.717, 1.165) is 19.3 Å². The first kappa shape index (κ1) is 16.1. The van der Waals surface area contributed by atoms with Crippen molar-refractivity contribution in [3.8, 4) is 0 Å². The molecule has 24 heavy (non-hydrogen) atoms. The van der Waals surface area contributed by atoms with Gasteiger partial charge < -0.3 is 10.6 Å². The first-order valence-corrected chi connectivity index (χ1v) is 7.82. The number of halogens is 1. The van der Waals surface area contributed by atoms with Gasteiger partial charge in [-0.1, -0.05) is 23.8 Å². The summed E-state index contributed by atoms with van der Waals surface area (Å²) in [4.78, 5) is 23.7. The van der Waals surface area contributed by atoms with Crippen LogP contribution in [-0.2, 0) is 22.7 Å². The monoisotopic (exact) mass is 331 g/mol. The number of carbonyl (C=O) groups is 2. The van der Waals surface area contributed by atoms with Gasteiger partial charge in [0, 0.05) is 12.5 Å². The molecule has 1 aromatic heterocycles. The van der Waals surface area contributed by atoms with Crippen molar-refractivity contribution in [1.29, 1.82) is 0 Å². The maximum absolute atomic E-state index is 13.1. The summed E-state index contributed by atoms with van der Waals surface area (Å²) in [5.41, 5.74) is 0.676. The van der Waals surface area contributed by atoms with Crippen LogP contribution in [0.5, 0.6) is 0 Å². The van der Waals surface area contributed by atoms with E-state index in [1.807, 2.05) is 0 Å². The lowest BCUT2D eigenvalue weighted by Gasteiger charge is -2.23. The van der Waals surface area contributed by atoms with Gasteiger partial charge >= 0.3 is 0 Å². The molecule has 0 aliphatic heterocycles. The summed E-state index contributed by atoms with van der Waals surface area (Å²) >= 11 is 0. The molecule has 0 unspecified atom stereocenters. The second-order valence-corrected chi connectivity index (χ2v) is 5.83. The number of benzene rings is 1. The maximum atomic E-state index is 13.1. The quantitative estimate of drug-likeness (QED) is 0.839. The van der Waals surface area contributed by atoms with E-state index in [1.165, 1.54) is 23.0 Å². The van der Waals surface area contributed by atoms with Crippen molar-refractivity contribution in [3.63, 3.8) is 0 Å². The third kappa shape index (κ3) is 4.15. The van der Waals surface area contributed by atoms with Crippen LogP contribution in [0.4, 0.5) is 10.2 Å². The van der Waals surface area contributed by atoms with Crippen molar-refractivity contribution in [2.45, 2.75) is 32.4 Å². The van der Waals surface area contributed by atoms with Gasteiger partial charge in [-0.3, -0.25) is 9.59 Å². The Morgan fingerprint density at radius 2 is 2.17 bits per heavy atom. The van der Waals surface area contributed by atoms with Crippen molar-refractivity contribution in [1.82, 2.24) is 20.3 Å². The van der Waals surface area contributed by atoms with Crippen LogP contribution in [0, 0.1) is 11.7 Å². The normalized spacial score (nSPS) is 14.0. The SMILES string of the molecule is O=C(Cn1cc(NC(=O)C2CCC2)nn1)NCc1cccc(F)c1. The van der Waals surface area contributed by atoms with Crippen molar-refractivity contribution in [2.75, 3.05) is 5.32 Å². The fraction of sp³-hybridized carbons (Fsp3) is 0.375. The predicted molar refractivity (Wildman–Crippen MR) is 84.2 cm³/mol. The summed E-state index contributed by atoms with van der Waals surface area (Å²) in [7, 11) is 0. The van der Waals surface area contributed by atoms with Gasteiger partial charge in [-0.05, 0) is 30.5 Å². The molecule has 2 N–H and O–H groups in total. The molecule has 1 aromatic carbocycles. The molecule has 1 aliphatic carbocycles. The Bertz CT molecular complexity index is 742. The smallest absolute Gasteiger partial charge is 0.242 e. The molecule has 1 saturated carbocycles. The highest BCUT2D eigenvalue weighted by Gasteiger charge is 2.25. The molecule has 1 aliphatic rings. The van der Waals surface area contributed by atoms with Crippen LogP contribution < -0.4 is 10.6 Å². The van der Waals surface area contributed by atoms with E-state index in [2.05, 4.69) is 20.9 Å². The maximum Gasteiger partial charge on any atom is 0.242 e. The molecule has 2 aromatic rings. The number of rotatable bonds is 6. The molecule has 7 nitrogen and oxygen atoms in total. The molecule has 8 heteroatoms. The minimum Gasteiger partial charge on any atom is -0.350 e. The fourth-order valence-corrected chi connectivity index (χ4v) is 2.38. The zero-order valence-corrected chi connectivity index (χ0v) is 13.0. The second-order valence-electron chi connectivity index (χ2n) is 5.83. The standard InChI is InChI=1S/C16H18FN5O2/c17-13-6-1-3-11(7-13)8-18-15(23)10-22-9-14(20-21-22)19-16(24)12-4-2-5-12/h1,3,6-7,9,12H,2,4-5,8,10H2,(H,18,23)(H,19,24). The molecule has 0 saturated heterocycles. The lowest BCUT2D eigenvalue weighted by atomic mass is 9.85. The summed E-state index contributed by atoms with van der Waals surface area (Å²) in [6, 6.07) is 6.03. The summed E-state index contributed by atoms with van der Waals surface area (Å²) in [5, 5.41) is 13.0. The van der Waals surface area contributed by atoms with Crippen LogP contribution >= 0.6 is 0 Å². The topological polar surface area (TPSA) is 88.9 Å². The molecule has 2 amide bonds. The number of nitrogens with one attached hydrogen (secondary N) is 2. The Morgan fingerprint density at radius 3 is 2.88 bits per heavy atom. The van der Waals surface area contributed by atoms with E-state index < -0.39 is 0 Å². The van der Waals surface area contributed by atoms with E-state index in [1.54, 1.807) is 12.1 Å². The zero-order valence-electron chi connectivity index (χ0n) is 13.0. The van der Waals surface area contributed by atoms with Crippen LogP contribution in [0.25, 0.3) is 0 Å². The molecular formula is C16H18FN5O2. The molecule has 0 atom stereocenters. The van der Waals surface area contributed by atoms with Crippen LogP contribution in [-0.4, -0.2) is 26.8 Å². The average molecular weight is 331 g/mol. The molecule has 0 bridgehead atoms. The van der Waals surface area contributed by atoms with Gasteiger partial charge in [0.1, 0.15) is 12.4 Å². The Kier molecular flexibility index (Phi) is 4.83. The molecule has 3 rings (SSSR count). The van der Waals surface area contributed by atoms with Gasteiger partial charge in [0.05, 0.1) is 6.20 Å². The number of hydrogen-bond acceptors (Lipinski definition) is 4. The summed E-state index contributed by atoms with van der Waals surface area (Å²) < 4.78 is 14.4. The highest BCUT2D eigenvalue weighted by molar-refractivity contribution is 5.92. The van der Waals surface area contributed by atoms with E-state index >= 15 is 0 Å². The van der Waals surface area contributed by atoms with Crippen LogP contribution in [0.2, 0.25) is 0 Å². The highest BCUT2D eigenvalue weighted by Crippen LogP contribution is 2.27. The van der Waals surface area contributed by atoms with E-state index in [-0.39, 0.29) is 36.6 Å². The fourth-order valence-electron chi connectivity index (χ4n) is 2.38. The number of aromatic nitrogens is 3. The molecule has 1 heterocycles. The summed E-state index contributed by atoms with van der Waals surface area (Å²) in [6.07, 6.45) is 4.40. The van der Waals surface area contributed by atoms with E-state index in [9.17, 15) is 14.0 Å². The van der Waals surface area contributed by atoms with Gasteiger partial charge in [-0.25, -0.2) is 9.07 Å². The van der Waals surface area contributed by atoms with Gasteiger partial charge in [-0.2, -0.15) is 0 Å². The van der Waals surface area contributed by atoms with Crippen molar-refractivity contribution >= 4 is 17.6 Å². The van der Waals surface area contributed by atoms with Crippen molar-refractivity contribution in [3.05, 3.63) is 41.8 Å². The summed E-state index contributed by atoms with van der Waals surface area (Å²) in [5.74, 6) is -0.274. The first-order valence-electron chi connectivity index (χ1n) is 7.82. The van der Waals surface area contributed by atoms with Crippen molar-refractivity contribution in [2.24, 2.45) is 5.92 Å². The number of hydrogen-bond donors (Lipinski definition) is 2. The third-order valence-electron chi connectivity index (χ3n) is 3.95.